The molecule has 29 heavy (non-hydrogen) atoms. The molecule has 0 saturated carbocycles. The Morgan fingerprint density at radius 2 is 1.66 bits per heavy atom. The molecule has 0 spiro atoms. The van der Waals surface area contributed by atoms with E-state index >= 15 is 0 Å². The van der Waals surface area contributed by atoms with Crippen LogP contribution in [0.4, 0.5) is 0 Å². The Bertz CT molecular complexity index is 880. The van der Waals surface area contributed by atoms with Gasteiger partial charge in [0.15, 0.2) is 5.75 Å². The summed E-state index contributed by atoms with van der Waals surface area (Å²) in [5.74, 6) is -4.04. The van der Waals surface area contributed by atoms with E-state index in [1.54, 1.807) is 0 Å². The summed E-state index contributed by atoms with van der Waals surface area (Å²) in [6.45, 7) is -0.444. The molecule has 16 heteroatoms. The molecule has 0 aromatic heterocycles. The fourth-order valence-electron chi connectivity index (χ4n) is 1.90. The average molecular weight is 438 g/mol. The van der Waals surface area contributed by atoms with Crippen molar-refractivity contribution in [2.45, 2.75) is 18.2 Å². The van der Waals surface area contributed by atoms with Gasteiger partial charge in [-0.2, -0.15) is 8.42 Å². The summed E-state index contributed by atoms with van der Waals surface area (Å²) in [5, 5.41) is 18.1. The largest absolute Gasteiger partial charge is 0.427 e. The molecule has 0 fully saturated rings. The molecule has 0 atom stereocenters. The minimum atomic E-state index is -4.91. The van der Waals surface area contributed by atoms with E-state index in [9.17, 15) is 42.8 Å². The minimum Gasteiger partial charge on any atom is -0.427 e. The first kappa shape index (κ1) is 23.5. The molecule has 1 aromatic rings. The Kier molecular flexibility index (Phi) is 8.22. The lowest BCUT2D eigenvalue weighted by atomic mass is 10.1. The molecule has 0 aliphatic rings. The molecular formula is C13H14N2O13S. The fourth-order valence-corrected chi connectivity index (χ4v) is 2.53. The molecule has 160 valence electrons. The highest BCUT2D eigenvalue weighted by molar-refractivity contribution is 7.86. The number of nitrogens with zero attached hydrogens (tertiary/aromatic N) is 2. The van der Waals surface area contributed by atoms with Crippen LogP contribution in [0, 0.1) is 26.1 Å². The molecule has 15 nitrogen and oxygen atoms in total. The van der Waals surface area contributed by atoms with E-state index in [-0.39, 0.29) is 5.75 Å². The van der Waals surface area contributed by atoms with Gasteiger partial charge in [0.05, 0.1) is 6.42 Å². The molecule has 0 amide bonds. The van der Waals surface area contributed by atoms with E-state index in [2.05, 4.69) is 14.4 Å². The molecule has 1 rings (SSSR count). The van der Waals surface area contributed by atoms with Gasteiger partial charge in [-0.25, -0.2) is 0 Å². The fraction of sp³-hybridized carbons (Fsp3) is 0.385. The van der Waals surface area contributed by atoms with Crippen molar-refractivity contribution in [3.8, 4) is 11.5 Å². The van der Waals surface area contributed by atoms with Crippen molar-refractivity contribution in [2.24, 2.45) is 5.92 Å². The molecule has 0 saturated heterocycles. The lowest BCUT2D eigenvalue weighted by molar-refractivity contribution is -0.768. The Morgan fingerprint density at radius 1 is 1.10 bits per heavy atom. The number of carbonyl (C=O) groups is 2. The number of benzene rings is 1. The zero-order chi connectivity index (χ0) is 22.2. The Hall–Kier alpha value is -3.53. The summed E-state index contributed by atoms with van der Waals surface area (Å²) in [5.41, 5.74) is 0. The molecule has 0 bridgehead atoms. The van der Waals surface area contributed by atoms with Crippen molar-refractivity contribution in [3.05, 3.63) is 38.4 Å². The standard InChI is InChI=1S/C13H14N2O13S/c1-8(16)27-10-2-3-11(12(5-10)29(22,23)24)28-13(17)4-9(6-25-14(18)19)7-26-15(20)21/h2-3,5,9H,4,6-7H2,1H3,(H,22,23,24). The number of ether oxygens (including phenoxy) is 2. The number of esters is 2. The van der Waals surface area contributed by atoms with Crippen LogP contribution in [0.15, 0.2) is 23.1 Å². The Balaban J connectivity index is 2.98. The van der Waals surface area contributed by atoms with E-state index in [0.29, 0.717) is 0 Å². The van der Waals surface area contributed by atoms with Crippen LogP contribution < -0.4 is 9.47 Å². The highest BCUT2D eigenvalue weighted by atomic mass is 32.2. The first-order valence-corrected chi connectivity index (χ1v) is 8.87. The minimum absolute atomic E-state index is 0.262. The third-order valence-corrected chi connectivity index (χ3v) is 3.84. The maximum atomic E-state index is 12.0. The monoisotopic (exact) mass is 438 g/mol. The number of carbonyl (C=O) groups excluding carboxylic acids is 2. The number of rotatable bonds is 11. The summed E-state index contributed by atoms with van der Waals surface area (Å²) >= 11 is 0. The lowest BCUT2D eigenvalue weighted by Crippen LogP contribution is -2.25. The summed E-state index contributed by atoms with van der Waals surface area (Å²) in [6, 6.07) is 2.71. The van der Waals surface area contributed by atoms with Gasteiger partial charge in [0.1, 0.15) is 23.9 Å². The van der Waals surface area contributed by atoms with Gasteiger partial charge in [-0.1, -0.05) is 0 Å². The van der Waals surface area contributed by atoms with Gasteiger partial charge in [-0.15, -0.1) is 20.2 Å². The first-order chi connectivity index (χ1) is 13.4. The van der Waals surface area contributed by atoms with Crippen molar-refractivity contribution in [2.75, 3.05) is 13.2 Å². The van der Waals surface area contributed by atoms with E-state index in [0.717, 1.165) is 25.1 Å². The van der Waals surface area contributed by atoms with Crippen molar-refractivity contribution >= 4 is 22.1 Å². The van der Waals surface area contributed by atoms with Crippen LogP contribution >= 0.6 is 0 Å². The van der Waals surface area contributed by atoms with Crippen molar-refractivity contribution in [1.82, 2.24) is 0 Å². The molecule has 0 unspecified atom stereocenters. The maximum Gasteiger partial charge on any atom is 0.311 e. The van der Waals surface area contributed by atoms with Crippen LogP contribution in [-0.2, 0) is 29.4 Å². The summed E-state index contributed by atoms with van der Waals surface area (Å²) in [4.78, 5) is 50.6. The van der Waals surface area contributed by atoms with Crippen LogP contribution in [0.5, 0.6) is 11.5 Å². The van der Waals surface area contributed by atoms with E-state index in [4.69, 9.17) is 4.74 Å². The third-order valence-electron chi connectivity index (χ3n) is 2.97. The van der Waals surface area contributed by atoms with Gasteiger partial charge in [0.25, 0.3) is 20.3 Å². The predicted octanol–water partition coefficient (Wildman–Crippen LogP) is 0.187. The second-order valence-electron chi connectivity index (χ2n) is 5.26. The van der Waals surface area contributed by atoms with Gasteiger partial charge in [-0.3, -0.25) is 14.1 Å². The highest BCUT2D eigenvalue weighted by Gasteiger charge is 2.24. The second-order valence-corrected chi connectivity index (χ2v) is 6.65. The Morgan fingerprint density at radius 3 is 2.10 bits per heavy atom. The molecule has 0 aliphatic heterocycles. The van der Waals surface area contributed by atoms with Crippen molar-refractivity contribution in [1.29, 1.82) is 0 Å². The Labute approximate surface area is 162 Å². The quantitative estimate of drug-likeness (QED) is 0.161. The van der Waals surface area contributed by atoms with Crippen molar-refractivity contribution < 1.29 is 51.9 Å². The molecule has 1 aromatic carbocycles. The normalized spacial score (nSPS) is 10.9. The summed E-state index contributed by atoms with van der Waals surface area (Å²) < 4.78 is 41.7. The number of hydrogen-bond acceptors (Lipinski definition) is 12. The third kappa shape index (κ3) is 8.80. The molecule has 1 N–H and O–H groups in total. The van der Waals surface area contributed by atoms with Crippen LogP contribution in [0.25, 0.3) is 0 Å². The molecule has 0 radical (unpaired) electrons. The van der Waals surface area contributed by atoms with Gasteiger partial charge in [0.2, 0.25) is 0 Å². The smallest absolute Gasteiger partial charge is 0.311 e. The van der Waals surface area contributed by atoms with Crippen LogP contribution in [0.1, 0.15) is 13.3 Å². The second kappa shape index (κ2) is 10.1. The van der Waals surface area contributed by atoms with E-state index in [1.165, 1.54) is 0 Å². The maximum absolute atomic E-state index is 12.0. The average Bonchev–Trinajstić information content (AvgIpc) is 2.57. The van der Waals surface area contributed by atoms with Gasteiger partial charge >= 0.3 is 11.9 Å². The van der Waals surface area contributed by atoms with E-state index in [1.807, 2.05) is 0 Å². The zero-order valence-electron chi connectivity index (χ0n) is 14.6. The van der Waals surface area contributed by atoms with Crippen LogP contribution in [-0.4, -0.2) is 48.3 Å². The van der Waals surface area contributed by atoms with Crippen LogP contribution in [0.3, 0.4) is 0 Å². The van der Waals surface area contributed by atoms with Crippen LogP contribution in [0.2, 0.25) is 0 Å². The number of hydrogen-bond donors (Lipinski definition) is 1. The van der Waals surface area contributed by atoms with Gasteiger partial charge in [-0.05, 0) is 12.1 Å². The summed E-state index contributed by atoms with van der Waals surface area (Å²) in [7, 11) is -4.91. The first-order valence-electron chi connectivity index (χ1n) is 7.43. The van der Waals surface area contributed by atoms with Crippen molar-refractivity contribution in [3.63, 3.8) is 0 Å². The molecule has 0 aliphatic carbocycles. The zero-order valence-corrected chi connectivity index (χ0v) is 15.4. The van der Waals surface area contributed by atoms with Gasteiger partial charge in [0, 0.05) is 18.9 Å². The molecular weight excluding hydrogens is 424 g/mol. The lowest BCUT2D eigenvalue weighted by Gasteiger charge is -2.15. The topological polar surface area (TPSA) is 212 Å². The van der Waals surface area contributed by atoms with E-state index < -0.39 is 68.4 Å². The molecule has 0 heterocycles. The predicted molar refractivity (Wildman–Crippen MR) is 87.2 cm³/mol. The summed E-state index contributed by atoms with van der Waals surface area (Å²) in [6.07, 6.45) is -0.696. The highest BCUT2D eigenvalue weighted by Crippen LogP contribution is 2.29. The van der Waals surface area contributed by atoms with Gasteiger partial charge < -0.3 is 19.1 Å². The SMILES string of the molecule is CC(=O)Oc1ccc(OC(=O)CC(CO[N+](=O)[O-])CO[N+](=O)[O-])c(S(=O)(=O)O)c1.